The first-order valence-corrected chi connectivity index (χ1v) is 7.78. The number of hydrogen-bond donors (Lipinski definition) is 2. The molecule has 2 atom stereocenters. The summed E-state index contributed by atoms with van der Waals surface area (Å²) in [6.45, 7) is 1.75. The van der Waals surface area contributed by atoms with Crippen LogP contribution in [-0.4, -0.2) is 22.9 Å². The van der Waals surface area contributed by atoms with Gasteiger partial charge >= 0.3 is 6.03 Å². The number of amides is 3. The van der Waals surface area contributed by atoms with E-state index in [-0.39, 0.29) is 12.1 Å². The fourth-order valence-corrected chi connectivity index (χ4v) is 3.16. The molecule has 130 valence electrons. The van der Waals surface area contributed by atoms with Gasteiger partial charge in [-0.1, -0.05) is 31.2 Å². The number of nitrogens with one attached hydrogen (secondary N) is 1. The van der Waals surface area contributed by atoms with Gasteiger partial charge in [0.25, 0.3) is 0 Å². The Hall–Kier alpha value is -2.96. The van der Waals surface area contributed by atoms with E-state index in [0.29, 0.717) is 5.69 Å². The van der Waals surface area contributed by atoms with Crippen molar-refractivity contribution >= 4 is 17.6 Å². The van der Waals surface area contributed by atoms with Crippen LogP contribution in [0.3, 0.4) is 0 Å². The highest BCUT2D eigenvalue weighted by Gasteiger charge is 2.37. The Morgan fingerprint density at radius 2 is 1.96 bits per heavy atom. The zero-order valence-corrected chi connectivity index (χ0v) is 13.5. The van der Waals surface area contributed by atoms with E-state index >= 15 is 0 Å². The molecule has 1 aliphatic heterocycles. The number of primary amides is 1. The number of anilines is 1. The first-order chi connectivity index (χ1) is 11.9. The third-order valence-electron chi connectivity index (χ3n) is 4.41. The average molecular weight is 345 g/mol. The van der Waals surface area contributed by atoms with Crippen molar-refractivity contribution in [3.05, 3.63) is 65.2 Å². The first kappa shape index (κ1) is 16.9. The molecule has 3 amide bonds. The van der Waals surface area contributed by atoms with Crippen molar-refractivity contribution in [1.29, 1.82) is 0 Å². The summed E-state index contributed by atoms with van der Waals surface area (Å²) >= 11 is 0. The van der Waals surface area contributed by atoms with Gasteiger partial charge in [0.05, 0.1) is 6.54 Å². The summed E-state index contributed by atoms with van der Waals surface area (Å²) < 4.78 is 27.3. The third kappa shape index (κ3) is 3.17. The maximum atomic E-state index is 14.1. The highest BCUT2D eigenvalue weighted by atomic mass is 19.1. The third-order valence-corrected chi connectivity index (χ3v) is 4.41. The number of fused-ring (bicyclic) bond motifs is 1. The molecule has 0 aliphatic carbocycles. The van der Waals surface area contributed by atoms with E-state index < -0.39 is 35.5 Å². The van der Waals surface area contributed by atoms with Crippen LogP contribution >= 0.6 is 0 Å². The van der Waals surface area contributed by atoms with Crippen LogP contribution < -0.4 is 11.1 Å². The molecule has 0 saturated carbocycles. The van der Waals surface area contributed by atoms with Gasteiger partial charge < -0.3 is 16.0 Å². The number of para-hydroxylation sites is 1. The minimum atomic E-state index is -1.08. The summed E-state index contributed by atoms with van der Waals surface area (Å²) in [6.07, 6.45) is 0. The molecule has 1 unspecified atom stereocenters. The minimum Gasteiger partial charge on any atom is -0.368 e. The van der Waals surface area contributed by atoms with Gasteiger partial charge in [-0.25, -0.2) is 13.6 Å². The van der Waals surface area contributed by atoms with E-state index in [2.05, 4.69) is 5.32 Å². The predicted molar refractivity (Wildman–Crippen MR) is 88.8 cm³/mol. The molecular weight excluding hydrogens is 328 g/mol. The van der Waals surface area contributed by atoms with Gasteiger partial charge in [0.15, 0.2) is 0 Å². The molecule has 0 bridgehead atoms. The van der Waals surface area contributed by atoms with Crippen LogP contribution in [0.25, 0.3) is 0 Å². The normalized spacial score (nSPS) is 16.0. The Morgan fingerprint density at radius 3 is 2.64 bits per heavy atom. The molecule has 0 saturated heterocycles. The molecule has 7 heteroatoms. The van der Waals surface area contributed by atoms with E-state index in [4.69, 9.17) is 5.73 Å². The number of nitrogens with two attached hydrogens (primary N) is 1. The van der Waals surface area contributed by atoms with Crippen molar-refractivity contribution in [2.75, 3.05) is 5.32 Å². The molecule has 0 spiro atoms. The average Bonchev–Trinajstić information content (AvgIpc) is 2.55. The topological polar surface area (TPSA) is 75.4 Å². The van der Waals surface area contributed by atoms with E-state index in [0.717, 1.165) is 17.7 Å². The highest BCUT2D eigenvalue weighted by Crippen LogP contribution is 2.31. The fourth-order valence-electron chi connectivity index (χ4n) is 3.16. The Balaban J connectivity index is 1.96. The van der Waals surface area contributed by atoms with Crippen LogP contribution in [-0.2, 0) is 11.3 Å². The standard InChI is InChI=1S/C18H17F2N3O2/c1-10(13-7-6-12(19)8-14(13)20)16(17(21)24)23-9-11-4-2-3-5-15(11)22-18(23)25/h2-8,10,16H,9H2,1H3,(H2,21,24)(H,22,25)/t10-,16?/m0/s1. The summed E-state index contributed by atoms with van der Waals surface area (Å²) in [6, 6.07) is 8.74. The summed E-state index contributed by atoms with van der Waals surface area (Å²) in [4.78, 5) is 25.8. The van der Waals surface area contributed by atoms with Crippen molar-refractivity contribution in [2.24, 2.45) is 5.73 Å². The van der Waals surface area contributed by atoms with Crippen molar-refractivity contribution < 1.29 is 18.4 Å². The lowest BCUT2D eigenvalue weighted by atomic mass is 9.90. The number of hydrogen-bond acceptors (Lipinski definition) is 2. The van der Waals surface area contributed by atoms with E-state index in [1.54, 1.807) is 19.1 Å². The van der Waals surface area contributed by atoms with Crippen LogP contribution in [0.2, 0.25) is 0 Å². The first-order valence-electron chi connectivity index (χ1n) is 7.78. The maximum absolute atomic E-state index is 14.1. The second kappa shape index (κ2) is 6.51. The van der Waals surface area contributed by atoms with Gasteiger partial charge in [-0.15, -0.1) is 0 Å². The van der Waals surface area contributed by atoms with E-state index in [1.807, 2.05) is 12.1 Å². The van der Waals surface area contributed by atoms with Gasteiger partial charge in [-0.3, -0.25) is 4.79 Å². The second-order valence-corrected chi connectivity index (χ2v) is 6.02. The van der Waals surface area contributed by atoms with Crippen LogP contribution in [0.5, 0.6) is 0 Å². The molecule has 0 aromatic heterocycles. The van der Waals surface area contributed by atoms with Crippen LogP contribution in [0.1, 0.15) is 24.0 Å². The van der Waals surface area contributed by atoms with Gasteiger partial charge in [0, 0.05) is 17.7 Å². The van der Waals surface area contributed by atoms with Crippen molar-refractivity contribution in [3.8, 4) is 0 Å². The van der Waals surface area contributed by atoms with Crippen LogP contribution in [0, 0.1) is 11.6 Å². The fraction of sp³-hybridized carbons (Fsp3) is 0.222. The number of rotatable bonds is 4. The van der Waals surface area contributed by atoms with Crippen LogP contribution in [0.4, 0.5) is 19.3 Å². The molecule has 0 fully saturated rings. The molecule has 1 heterocycles. The smallest absolute Gasteiger partial charge is 0.322 e. The number of benzene rings is 2. The molecule has 3 N–H and O–H groups in total. The van der Waals surface area contributed by atoms with E-state index in [9.17, 15) is 18.4 Å². The largest absolute Gasteiger partial charge is 0.368 e. The Bertz CT molecular complexity index is 841. The zero-order chi connectivity index (χ0) is 18.1. The number of halogens is 2. The molecule has 2 aromatic rings. The molecule has 3 rings (SSSR count). The summed E-state index contributed by atoms with van der Waals surface area (Å²) in [7, 11) is 0. The Labute approximate surface area is 143 Å². The highest BCUT2D eigenvalue weighted by molar-refractivity contribution is 5.96. The predicted octanol–water partition coefficient (Wildman–Crippen LogP) is 2.97. The van der Waals surface area contributed by atoms with Gasteiger partial charge in [-0.05, 0) is 23.3 Å². The summed E-state index contributed by atoms with van der Waals surface area (Å²) in [5.41, 5.74) is 7.11. The lowest BCUT2D eigenvalue weighted by Gasteiger charge is -2.37. The molecule has 25 heavy (non-hydrogen) atoms. The Morgan fingerprint density at radius 1 is 1.24 bits per heavy atom. The zero-order valence-electron chi connectivity index (χ0n) is 13.5. The number of nitrogens with zero attached hydrogens (tertiary/aromatic N) is 1. The lowest BCUT2D eigenvalue weighted by molar-refractivity contribution is -0.123. The molecule has 0 radical (unpaired) electrons. The molecular formula is C18H17F2N3O2. The maximum Gasteiger partial charge on any atom is 0.322 e. The Kier molecular flexibility index (Phi) is 4.39. The number of carbonyl (C=O) groups is 2. The van der Waals surface area contributed by atoms with Crippen molar-refractivity contribution in [2.45, 2.75) is 25.4 Å². The second-order valence-electron chi connectivity index (χ2n) is 6.02. The summed E-state index contributed by atoms with van der Waals surface area (Å²) in [5.74, 6) is -3.00. The van der Waals surface area contributed by atoms with Gasteiger partial charge in [0.1, 0.15) is 17.7 Å². The monoisotopic (exact) mass is 345 g/mol. The molecule has 2 aromatic carbocycles. The number of urea groups is 1. The molecule has 5 nitrogen and oxygen atoms in total. The SMILES string of the molecule is C[C@@H](c1ccc(F)cc1F)C(C(N)=O)N1Cc2ccccc2NC1=O. The lowest BCUT2D eigenvalue weighted by Crippen LogP contribution is -2.53. The van der Waals surface area contributed by atoms with E-state index in [1.165, 1.54) is 11.0 Å². The van der Waals surface area contributed by atoms with Gasteiger partial charge in [0.2, 0.25) is 5.91 Å². The quantitative estimate of drug-likeness (QED) is 0.894. The van der Waals surface area contributed by atoms with Crippen LogP contribution in [0.15, 0.2) is 42.5 Å². The van der Waals surface area contributed by atoms with Crippen molar-refractivity contribution in [1.82, 2.24) is 4.90 Å². The van der Waals surface area contributed by atoms with Gasteiger partial charge in [-0.2, -0.15) is 0 Å². The minimum absolute atomic E-state index is 0.122. The molecule has 1 aliphatic rings. The number of carbonyl (C=O) groups excluding carboxylic acids is 2. The van der Waals surface area contributed by atoms with Crippen molar-refractivity contribution in [3.63, 3.8) is 0 Å². The summed E-state index contributed by atoms with van der Waals surface area (Å²) in [5, 5.41) is 2.70.